The first-order valence-electron chi connectivity index (χ1n) is 12.3. The number of hydrogen-bond acceptors (Lipinski definition) is 6. The number of likely N-dealkylation sites (N-methyl/N-ethyl adjacent to an activating group) is 1. The van der Waals surface area contributed by atoms with Crippen LogP contribution in [0.2, 0.25) is 0 Å². The van der Waals surface area contributed by atoms with E-state index in [0.717, 1.165) is 27.3 Å². The van der Waals surface area contributed by atoms with Crippen LogP contribution in [0.25, 0.3) is 0 Å². The number of nitrogens with zero attached hydrogens (tertiary/aromatic N) is 5. The summed E-state index contributed by atoms with van der Waals surface area (Å²) in [6.45, 7) is 5.77. The molecule has 4 rings (SSSR count). The van der Waals surface area contributed by atoms with Crippen LogP contribution in [0.5, 0.6) is 0 Å². The van der Waals surface area contributed by atoms with Gasteiger partial charge < -0.3 is 11.1 Å². The molecule has 1 fully saturated rings. The Labute approximate surface area is 216 Å². The second-order valence-corrected chi connectivity index (χ2v) is 9.54. The highest BCUT2D eigenvalue weighted by atomic mass is 16.2. The van der Waals surface area contributed by atoms with Crippen molar-refractivity contribution in [1.82, 2.24) is 25.0 Å². The molecule has 2 aromatic heterocycles. The molecular weight excluding hydrogens is 470 g/mol. The van der Waals surface area contributed by atoms with E-state index in [1.54, 1.807) is 37.1 Å². The van der Waals surface area contributed by atoms with Crippen LogP contribution in [0.4, 0.5) is 16.4 Å². The number of amides is 4. The number of urea groups is 1. The van der Waals surface area contributed by atoms with Gasteiger partial charge in [0.25, 0.3) is 5.91 Å². The second kappa shape index (κ2) is 10.4. The molecule has 10 heteroatoms. The Morgan fingerprint density at radius 1 is 1.16 bits per heavy atom. The molecule has 0 radical (unpaired) electrons. The van der Waals surface area contributed by atoms with Crippen LogP contribution in [-0.4, -0.2) is 50.6 Å². The number of β-lactam (4-membered cyclic amide) rings is 1. The fourth-order valence-corrected chi connectivity index (χ4v) is 4.84. The Kier molecular flexibility index (Phi) is 7.28. The number of benzene rings is 1. The molecule has 10 nitrogen and oxygen atoms in total. The lowest BCUT2D eigenvalue weighted by atomic mass is 9.81. The highest BCUT2D eigenvalue weighted by Gasteiger charge is 2.55. The molecule has 1 aliphatic rings. The molecule has 0 aliphatic carbocycles. The zero-order valence-electron chi connectivity index (χ0n) is 21.8. The Hall–Kier alpha value is -4.21. The van der Waals surface area contributed by atoms with E-state index in [1.807, 2.05) is 51.1 Å². The number of aromatic nitrogens is 3. The SMILES string of the molecule is CCC(NC(=O)N1C(=O)[C@H](Cc2cc(C)nc(N)c2)[C@H]1C(=O)N(C)c1ccnn1C)c1ccc(C)cc1. The molecule has 3 atom stereocenters. The molecule has 0 spiro atoms. The molecule has 1 aromatic carbocycles. The summed E-state index contributed by atoms with van der Waals surface area (Å²) in [7, 11) is 3.34. The number of imide groups is 1. The molecule has 3 N–H and O–H groups in total. The summed E-state index contributed by atoms with van der Waals surface area (Å²) in [6, 6.07) is 11.2. The lowest BCUT2D eigenvalue weighted by Crippen LogP contribution is -2.70. The average Bonchev–Trinajstić information content (AvgIpc) is 3.28. The summed E-state index contributed by atoms with van der Waals surface area (Å²) in [6.07, 6.45) is 2.48. The third-order valence-electron chi connectivity index (χ3n) is 6.83. The maximum atomic E-state index is 13.7. The minimum atomic E-state index is -0.974. The number of hydrogen-bond donors (Lipinski definition) is 2. The number of aryl methyl sites for hydroxylation is 3. The minimum absolute atomic E-state index is 0.265. The van der Waals surface area contributed by atoms with Gasteiger partial charge in [-0.1, -0.05) is 36.8 Å². The van der Waals surface area contributed by atoms with Gasteiger partial charge >= 0.3 is 6.03 Å². The summed E-state index contributed by atoms with van der Waals surface area (Å²) >= 11 is 0. The number of nitrogens with two attached hydrogens (primary N) is 1. The van der Waals surface area contributed by atoms with Gasteiger partial charge in [-0.3, -0.25) is 24.1 Å². The fraction of sp³-hybridized carbons (Fsp3) is 0.370. The van der Waals surface area contributed by atoms with E-state index in [-0.39, 0.29) is 18.4 Å². The van der Waals surface area contributed by atoms with Crippen molar-refractivity contribution in [3.05, 3.63) is 71.0 Å². The van der Waals surface area contributed by atoms with Crippen molar-refractivity contribution in [3.63, 3.8) is 0 Å². The van der Waals surface area contributed by atoms with Crippen molar-refractivity contribution in [2.75, 3.05) is 17.7 Å². The van der Waals surface area contributed by atoms with E-state index in [1.165, 1.54) is 4.90 Å². The molecular formula is C27H33N7O3. The van der Waals surface area contributed by atoms with Crippen molar-refractivity contribution >= 4 is 29.5 Å². The van der Waals surface area contributed by atoms with Crippen LogP contribution in [0, 0.1) is 19.8 Å². The highest BCUT2D eigenvalue weighted by Crippen LogP contribution is 2.33. The predicted octanol–water partition coefficient (Wildman–Crippen LogP) is 2.91. The van der Waals surface area contributed by atoms with Gasteiger partial charge in [0.15, 0.2) is 0 Å². The minimum Gasteiger partial charge on any atom is -0.384 e. The number of anilines is 2. The van der Waals surface area contributed by atoms with Crippen molar-refractivity contribution in [3.8, 4) is 0 Å². The van der Waals surface area contributed by atoms with Gasteiger partial charge in [-0.2, -0.15) is 5.10 Å². The standard InChI is InChI=1S/C27H33N7O3/c1-6-21(19-9-7-16(2)8-10-19)31-27(37)34-24(26(36)32(4)23-11-12-29-33(23)5)20(25(34)35)14-18-13-17(3)30-22(28)15-18/h7-13,15,20-21,24H,6,14H2,1-5H3,(H2,28,30)(H,31,37)/t20-,21?,24+/m1/s1. The maximum Gasteiger partial charge on any atom is 0.325 e. The number of pyridine rings is 1. The molecule has 194 valence electrons. The van der Waals surface area contributed by atoms with Crippen LogP contribution >= 0.6 is 0 Å². The van der Waals surface area contributed by atoms with Crippen LogP contribution in [0.1, 0.15) is 41.8 Å². The molecule has 1 unspecified atom stereocenters. The van der Waals surface area contributed by atoms with E-state index in [4.69, 9.17) is 5.73 Å². The zero-order valence-corrected chi connectivity index (χ0v) is 21.8. The van der Waals surface area contributed by atoms with Gasteiger partial charge in [-0.25, -0.2) is 9.78 Å². The molecule has 37 heavy (non-hydrogen) atoms. The predicted molar refractivity (Wildman–Crippen MR) is 141 cm³/mol. The lowest BCUT2D eigenvalue weighted by molar-refractivity contribution is -0.156. The first kappa shape index (κ1) is 25.9. The first-order chi connectivity index (χ1) is 17.6. The summed E-state index contributed by atoms with van der Waals surface area (Å²) in [5.74, 6) is -0.588. The number of carbonyl (C=O) groups is 3. The number of carbonyl (C=O) groups excluding carboxylic acids is 3. The smallest absolute Gasteiger partial charge is 0.325 e. The summed E-state index contributed by atoms with van der Waals surface area (Å²) in [5, 5.41) is 7.09. The summed E-state index contributed by atoms with van der Waals surface area (Å²) in [4.78, 5) is 47.1. The van der Waals surface area contributed by atoms with Crippen molar-refractivity contribution in [2.45, 2.75) is 45.7 Å². The Morgan fingerprint density at radius 2 is 1.86 bits per heavy atom. The topological polar surface area (TPSA) is 126 Å². The van der Waals surface area contributed by atoms with Crippen LogP contribution in [-0.2, 0) is 23.1 Å². The third-order valence-corrected chi connectivity index (χ3v) is 6.83. The van der Waals surface area contributed by atoms with E-state index in [2.05, 4.69) is 15.4 Å². The lowest BCUT2D eigenvalue weighted by Gasteiger charge is -2.46. The van der Waals surface area contributed by atoms with Crippen LogP contribution in [0.3, 0.4) is 0 Å². The van der Waals surface area contributed by atoms with Gasteiger partial charge in [0.05, 0.1) is 18.2 Å². The van der Waals surface area contributed by atoms with E-state index >= 15 is 0 Å². The van der Waals surface area contributed by atoms with Gasteiger partial charge in [0.2, 0.25) is 5.91 Å². The van der Waals surface area contributed by atoms with Crippen LogP contribution < -0.4 is 16.0 Å². The number of nitrogens with one attached hydrogen (secondary N) is 1. The van der Waals surface area contributed by atoms with Gasteiger partial charge in [0.1, 0.15) is 17.7 Å². The highest BCUT2D eigenvalue weighted by molar-refractivity contribution is 6.12. The van der Waals surface area contributed by atoms with Crippen molar-refractivity contribution in [1.29, 1.82) is 0 Å². The third kappa shape index (κ3) is 5.18. The van der Waals surface area contributed by atoms with E-state index < -0.39 is 23.9 Å². The van der Waals surface area contributed by atoms with Gasteiger partial charge in [0, 0.05) is 25.9 Å². The van der Waals surface area contributed by atoms with Crippen LogP contribution in [0.15, 0.2) is 48.7 Å². The normalized spacial score (nSPS) is 17.8. The average molecular weight is 504 g/mol. The monoisotopic (exact) mass is 503 g/mol. The molecule has 3 heterocycles. The Morgan fingerprint density at radius 3 is 2.46 bits per heavy atom. The van der Waals surface area contributed by atoms with E-state index in [9.17, 15) is 14.4 Å². The maximum absolute atomic E-state index is 13.7. The van der Waals surface area contributed by atoms with Gasteiger partial charge in [-0.15, -0.1) is 0 Å². The second-order valence-electron chi connectivity index (χ2n) is 9.54. The van der Waals surface area contributed by atoms with Crippen molar-refractivity contribution in [2.24, 2.45) is 13.0 Å². The Bertz CT molecular complexity index is 1300. The molecule has 0 bridgehead atoms. The summed E-state index contributed by atoms with van der Waals surface area (Å²) in [5.41, 5.74) is 9.46. The molecule has 1 saturated heterocycles. The first-order valence-corrected chi connectivity index (χ1v) is 12.3. The largest absolute Gasteiger partial charge is 0.384 e. The van der Waals surface area contributed by atoms with Gasteiger partial charge in [-0.05, 0) is 49.9 Å². The molecule has 0 saturated carbocycles. The summed E-state index contributed by atoms with van der Waals surface area (Å²) < 4.78 is 1.56. The molecule has 4 amide bonds. The van der Waals surface area contributed by atoms with Crippen molar-refractivity contribution < 1.29 is 14.4 Å². The number of nitrogen functional groups attached to an aromatic ring is 1. The number of rotatable bonds is 7. The molecule has 1 aliphatic heterocycles. The molecule has 3 aromatic rings. The quantitative estimate of drug-likeness (QED) is 0.478. The van der Waals surface area contributed by atoms with E-state index in [0.29, 0.717) is 18.1 Å². The Balaban J connectivity index is 1.61. The fourth-order valence-electron chi connectivity index (χ4n) is 4.84. The number of likely N-dealkylation sites (tertiary alicyclic amines) is 1. The zero-order chi connectivity index (χ0) is 26.9.